The molecule has 12 heteroatoms. The fourth-order valence-electron chi connectivity index (χ4n) is 3.57. The first kappa shape index (κ1) is 28.7. The van der Waals surface area contributed by atoms with Crippen molar-refractivity contribution in [3.05, 3.63) is 0 Å². The molecule has 2 heterocycles. The second-order valence-corrected chi connectivity index (χ2v) is 9.85. The molecule has 4 N–H and O–H groups in total. The molecule has 35 heavy (non-hydrogen) atoms. The van der Waals surface area contributed by atoms with Crippen LogP contribution in [0.4, 0.5) is 0 Å². The zero-order valence-corrected chi connectivity index (χ0v) is 21.3. The number of amides is 4. The van der Waals surface area contributed by atoms with Crippen LogP contribution in [0.2, 0.25) is 0 Å². The minimum atomic E-state index is -0.896. The number of hydrogen-bond acceptors (Lipinski definition) is 8. The van der Waals surface area contributed by atoms with Crippen LogP contribution in [0.15, 0.2) is 0 Å². The molecular weight excluding hydrogens is 458 g/mol. The molecule has 2 rings (SSSR count). The average Bonchev–Trinajstić information content (AvgIpc) is 3.56. The van der Waals surface area contributed by atoms with Gasteiger partial charge in [-0.2, -0.15) is 0 Å². The number of rotatable bonds is 13. The van der Waals surface area contributed by atoms with Crippen LogP contribution in [0.1, 0.15) is 34.6 Å². The highest BCUT2D eigenvalue weighted by molar-refractivity contribution is 5.97. The van der Waals surface area contributed by atoms with Gasteiger partial charge in [-0.3, -0.25) is 28.9 Å². The van der Waals surface area contributed by atoms with E-state index in [0.29, 0.717) is 32.9 Å². The van der Waals surface area contributed by atoms with Crippen LogP contribution in [0, 0.1) is 11.8 Å². The van der Waals surface area contributed by atoms with Crippen LogP contribution in [-0.4, -0.2) is 105 Å². The Kier molecular flexibility index (Phi) is 10.6. The number of carbonyl (C=O) groups excluding carboxylic acids is 5. The lowest BCUT2D eigenvalue weighted by Crippen LogP contribution is -2.55. The maximum atomic E-state index is 12.6. The number of morpholine rings is 1. The smallest absolute Gasteiger partial charge is 0.243 e. The van der Waals surface area contributed by atoms with Gasteiger partial charge in [0.1, 0.15) is 11.6 Å². The standard InChI is InChI=1S/C23H39N5O7/c1-14(2)19(21(32)23(5)13-35-23)26-17(30)11-25-22(33)20(15(3)4)27-16(29)10-24-18(31)12-28-6-8-34-9-7-28/h14-15,19-20H,6-13H2,1-5H3,(H,24,31)(H,25,33)(H,26,30)(H,27,29)/t19-,20?,23?/m0/s1. The Labute approximate surface area is 206 Å². The van der Waals surface area contributed by atoms with E-state index in [-0.39, 0.29) is 43.2 Å². The summed E-state index contributed by atoms with van der Waals surface area (Å²) in [6, 6.07) is -1.62. The molecule has 0 aromatic rings. The summed E-state index contributed by atoms with van der Waals surface area (Å²) in [6.07, 6.45) is 0. The lowest BCUT2D eigenvalue weighted by Gasteiger charge is -2.26. The third kappa shape index (κ3) is 9.19. The number of ether oxygens (including phenoxy) is 2. The summed E-state index contributed by atoms with van der Waals surface area (Å²) in [6.45, 7) is 11.2. The number of epoxide rings is 1. The fourth-order valence-corrected chi connectivity index (χ4v) is 3.57. The van der Waals surface area contributed by atoms with Crippen molar-refractivity contribution >= 4 is 29.4 Å². The van der Waals surface area contributed by atoms with Gasteiger partial charge in [0.15, 0.2) is 5.78 Å². The molecule has 0 saturated carbocycles. The first-order chi connectivity index (χ1) is 16.4. The molecule has 2 unspecified atom stereocenters. The van der Waals surface area contributed by atoms with Gasteiger partial charge in [-0.15, -0.1) is 0 Å². The highest BCUT2D eigenvalue weighted by Crippen LogP contribution is 2.29. The molecule has 2 aliphatic rings. The van der Waals surface area contributed by atoms with Crippen LogP contribution in [-0.2, 0) is 33.4 Å². The van der Waals surface area contributed by atoms with E-state index in [1.165, 1.54) is 0 Å². The highest BCUT2D eigenvalue weighted by Gasteiger charge is 2.50. The Hall–Kier alpha value is -2.57. The summed E-state index contributed by atoms with van der Waals surface area (Å²) in [4.78, 5) is 63.9. The van der Waals surface area contributed by atoms with Gasteiger partial charge in [0, 0.05) is 13.1 Å². The van der Waals surface area contributed by atoms with Crippen LogP contribution >= 0.6 is 0 Å². The van der Waals surface area contributed by atoms with Crippen molar-refractivity contribution in [1.29, 1.82) is 0 Å². The summed E-state index contributed by atoms with van der Waals surface area (Å²) in [5, 5.41) is 10.3. The van der Waals surface area contributed by atoms with E-state index in [1.54, 1.807) is 20.8 Å². The third-order valence-corrected chi connectivity index (χ3v) is 5.97. The van der Waals surface area contributed by atoms with E-state index >= 15 is 0 Å². The molecule has 12 nitrogen and oxygen atoms in total. The maximum Gasteiger partial charge on any atom is 0.243 e. The van der Waals surface area contributed by atoms with Gasteiger partial charge < -0.3 is 30.7 Å². The van der Waals surface area contributed by atoms with Gasteiger partial charge >= 0.3 is 0 Å². The Morgan fingerprint density at radius 1 is 0.829 bits per heavy atom. The zero-order chi connectivity index (χ0) is 26.2. The molecule has 3 atom stereocenters. The fraction of sp³-hybridized carbons (Fsp3) is 0.783. The number of Topliss-reactive ketones (excluding diaryl/α,β-unsaturated/α-hetero) is 1. The quantitative estimate of drug-likeness (QED) is 0.217. The topological polar surface area (TPSA) is 158 Å². The molecule has 0 aromatic carbocycles. The van der Waals surface area contributed by atoms with E-state index in [2.05, 4.69) is 21.3 Å². The van der Waals surface area contributed by atoms with Gasteiger partial charge in [0.25, 0.3) is 0 Å². The molecular formula is C23H39N5O7. The van der Waals surface area contributed by atoms with Crippen LogP contribution in [0.5, 0.6) is 0 Å². The first-order valence-electron chi connectivity index (χ1n) is 12.0. The van der Waals surface area contributed by atoms with Crippen molar-refractivity contribution in [2.45, 2.75) is 52.3 Å². The second-order valence-electron chi connectivity index (χ2n) is 9.85. The third-order valence-electron chi connectivity index (χ3n) is 5.97. The van der Waals surface area contributed by atoms with Crippen molar-refractivity contribution in [3.63, 3.8) is 0 Å². The summed E-state index contributed by atoms with van der Waals surface area (Å²) >= 11 is 0. The SMILES string of the molecule is CC(C)C(NC(=O)CNC(=O)CN1CCOCC1)C(=O)NCC(=O)N[C@H](C(=O)C1(C)CO1)C(C)C. The molecule has 0 aliphatic carbocycles. The van der Waals surface area contributed by atoms with Crippen LogP contribution in [0.3, 0.4) is 0 Å². The molecule has 2 fully saturated rings. The van der Waals surface area contributed by atoms with Crippen molar-refractivity contribution in [1.82, 2.24) is 26.2 Å². The van der Waals surface area contributed by atoms with E-state index in [1.807, 2.05) is 18.7 Å². The Morgan fingerprint density at radius 2 is 1.34 bits per heavy atom. The normalized spacial score (nSPS) is 21.7. The molecule has 2 aliphatic heterocycles. The Morgan fingerprint density at radius 3 is 1.86 bits per heavy atom. The van der Waals surface area contributed by atoms with E-state index in [0.717, 1.165) is 0 Å². The molecule has 0 spiro atoms. The van der Waals surface area contributed by atoms with Crippen LogP contribution in [0.25, 0.3) is 0 Å². The van der Waals surface area contributed by atoms with Crippen molar-refractivity contribution in [3.8, 4) is 0 Å². The summed E-state index contributed by atoms with van der Waals surface area (Å²) in [5.74, 6) is -2.46. The predicted octanol–water partition coefficient (Wildman–Crippen LogP) is -1.81. The summed E-state index contributed by atoms with van der Waals surface area (Å²) < 4.78 is 10.4. The lowest BCUT2D eigenvalue weighted by molar-refractivity contribution is -0.133. The monoisotopic (exact) mass is 497 g/mol. The molecule has 0 bridgehead atoms. The van der Waals surface area contributed by atoms with Gasteiger partial charge in [0.2, 0.25) is 23.6 Å². The number of hydrogen-bond donors (Lipinski definition) is 4. The van der Waals surface area contributed by atoms with E-state index in [4.69, 9.17) is 9.47 Å². The van der Waals surface area contributed by atoms with Gasteiger partial charge in [-0.05, 0) is 18.8 Å². The minimum Gasteiger partial charge on any atom is -0.379 e. The van der Waals surface area contributed by atoms with Gasteiger partial charge in [-0.1, -0.05) is 27.7 Å². The number of nitrogens with zero attached hydrogens (tertiary/aromatic N) is 1. The first-order valence-corrected chi connectivity index (χ1v) is 12.0. The Balaban J connectivity index is 1.77. The molecule has 2 saturated heterocycles. The minimum absolute atomic E-state index is 0.149. The van der Waals surface area contributed by atoms with Crippen molar-refractivity contribution in [2.24, 2.45) is 11.8 Å². The van der Waals surface area contributed by atoms with Crippen LogP contribution < -0.4 is 21.3 Å². The van der Waals surface area contributed by atoms with Gasteiger partial charge in [-0.25, -0.2) is 0 Å². The number of nitrogens with one attached hydrogen (secondary N) is 4. The van der Waals surface area contributed by atoms with E-state index in [9.17, 15) is 24.0 Å². The summed E-state index contributed by atoms with van der Waals surface area (Å²) in [5.41, 5.74) is -0.865. The zero-order valence-electron chi connectivity index (χ0n) is 21.3. The lowest BCUT2D eigenvalue weighted by atomic mass is 9.92. The molecule has 0 aromatic heterocycles. The Bertz CT molecular complexity index is 791. The predicted molar refractivity (Wildman–Crippen MR) is 126 cm³/mol. The largest absolute Gasteiger partial charge is 0.379 e. The molecule has 0 radical (unpaired) electrons. The molecule has 198 valence electrons. The van der Waals surface area contributed by atoms with Gasteiger partial charge in [0.05, 0.1) is 45.5 Å². The summed E-state index contributed by atoms with van der Waals surface area (Å²) in [7, 11) is 0. The average molecular weight is 498 g/mol. The highest BCUT2D eigenvalue weighted by atomic mass is 16.6. The van der Waals surface area contributed by atoms with E-state index < -0.39 is 35.4 Å². The van der Waals surface area contributed by atoms with Crippen molar-refractivity contribution in [2.75, 3.05) is 52.5 Å². The molecule has 4 amide bonds. The number of carbonyl (C=O) groups is 5. The maximum absolute atomic E-state index is 12.6. The second kappa shape index (κ2) is 12.9. The number of ketones is 1. The van der Waals surface area contributed by atoms with Crippen molar-refractivity contribution < 1.29 is 33.4 Å².